The molecule has 0 aliphatic carbocycles. The first kappa shape index (κ1) is 23.2. The van der Waals surface area contributed by atoms with Crippen molar-refractivity contribution in [2.75, 3.05) is 12.0 Å². The molecule has 0 spiro atoms. The number of aromatic nitrogens is 2. The van der Waals surface area contributed by atoms with Crippen LogP contribution in [0.2, 0.25) is 0 Å². The standard InChI is InChI=1S/C28H28N4O2S/c1-35-16-15-24(26-29-22-13-7-8-14-23(22)30-26)31-27(33)25-17-20-11-5-6-12-21(20)18-32(25)28(34)19-9-3-2-4-10-19/h2-14,24-25H,15-18H2,1H3,(H,29,30)(H,31,33)/t24-,25?/m0/s1. The van der Waals surface area contributed by atoms with Gasteiger partial charge >= 0.3 is 0 Å². The van der Waals surface area contributed by atoms with Gasteiger partial charge in [-0.15, -0.1) is 0 Å². The fraction of sp³-hybridized carbons (Fsp3) is 0.250. The lowest BCUT2D eigenvalue weighted by Gasteiger charge is -2.36. The Bertz CT molecular complexity index is 1300. The van der Waals surface area contributed by atoms with Crippen molar-refractivity contribution in [1.29, 1.82) is 0 Å². The second-order valence-corrected chi connectivity index (χ2v) is 9.76. The summed E-state index contributed by atoms with van der Waals surface area (Å²) in [5.41, 5.74) is 4.59. The third-order valence-electron chi connectivity index (χ3n) is 6.50. The lowest BCUT2D eigenvalue weighted by Crippen LogP contribution is -2.53. The largest absolute Gasteiger partial charge is 0.344 e. The Balaban J connectivity index is 1.44. The lowest BCUT2D eigenvalue weighted by atomic mass is 9.92. The molecule has 2 heterocycles. The molecule has 0 saturated carbocycles. The predicted octanol–water partition coefficient (Wildman–Crippen LogP) is 4.74. The summed E-state index contributed by atoms with van der Waals surface area (Å²) in [5.74, 6) is 1.33. The van der Waals surface area contributed by atoms with E-state index >= 15 is 0 Å². The molecule has 2 amide bonds. The maximum atomic E-state index is 13.8. The van der Waals surface area contributed by atoms with Crippen LogP contribution in [-0.2, 0) is 17.8 Å². The van der Waals surface area contributed by atoms with Crippen molar-refractivity contribution in [2.45, 2.75) is 31.5 Å². The summed E-state index contributed by atoms with van der Waals surface area (Å²) in [4.78, 5) is 37.1. The number of hydrogen-bond acceptors (Lipinski definition) is 4. The van der Waals surface area contributed by atoms with Gasteiger partial charge in [-0.1, -0.05) is 54.6 Å². The highest BCUT2D eigenvalue weighted by Gasteiger charge is 2.36. The van der Waals surface area contributed by atoms with E-state index in [-0.39, 0.29) is 17.9 Å². The number of aromatic amines is 1. The van der Waals surface area contributed by atoms with Gasteiger partial charge in [0, 0.05) is 18.5 Å². The Hall–Kier alpha value is -3.58. The molecular weight excluding hydrogens is 456 g/mol. The van der Waals surface area contributed by atoms with Crippen molar-refractivity contribution in [3.05, 3.63) is 101 Å². The van der Waals surface area contributed by atoms with Crippen molar-refractivity contribution < 1.29 is 9.59 Å². The first-order chi connectivity index (χ1) is 17.1. The molecule has 3 aromatic carbocycles. The van der Waals surface area contributed by atoms with E-state index in [2.05, 4.69) is 16.6 Å². The molecule has 7 heteroatoms. The highest BCUT2D eigenvalue weighted by molar-refractivity contribution is 7.98. The van der Waals surface area contributed by atoms with Crippen molar-refractivity contribution in [2.24, 2.45) is 0 Å². The lowest BCUT2D eigenvalue weighted by molar-refractivity contribution is -0.127. The molecule has 0 fully saturated rings. The maximum Gasteiger partial charge on any atom is 0.254 e. The van der Waals surface area contributed by atoms with E-state index in [9.17, 15) is 9.59 Å². The van der Waals surface area contributed by atoms with Crippen LogP contribution in [0.5, 0.6) is 0 Å². The van der Waals surface area contributed by atoms with Crippen molar-refractivity contribution in [1.82, 2.24) is 20.2 Å². The van der Waals surface area contributed by atoms with E-state index in [4.69, 9.17) is 4.98 Å². The Kier molecular flexibility index (Phi) is 6.86. The summed E-state index contributed by atoms with van der Waals surface area (Å²) in [6.45, 7) is 0.405. The number of rotatable bonds is 7. The van der Waals surface area contributed by atoms with Gasteiger partial charge in [0.25, 0.3) is 5.91 Å². The van der Waals surface area contributed by atoms with E-state index in [1.807, 2.05) is 66.7 Å². The number of hydrogen-bond donors (Lipinski definition) is 2. The monoisotopic (exact) mass is 484 g/mol. The van der Waals surface area contributed by atoms with Gasteiger partial charge in [-0.05, 0) is 53.8 Å². The molecule has 2 N–H and O–H groups in total. The van der Waals surface area contributed by atoms with Gasteiger partial charge in [-0.3, -0.25) is 9.59 Å². The van der Waals surface area contributed by atoms with Gasteiger partial charge in [0.05, 0.1) is 17.1 Å². The third-order valence-corrected chi connectivity index (χ3v) is 7.14. The van der Waals surface area contributed by atoms with Gasteiger partial charge in [-0.25, -0.2) is 4.98 Å². The first-order valence-electron chi connectivity index (χ1n) is 11.8. The fourth-order valence-electron chi connectivity index (χ4n) is 4.64. The molecule has 1 aromatic heterocycles. The van der Waals surface area contributed by atoms with Crippen LogP contribution in [-0.4, -0.2) is 44.7 Å². The molecule has 1 aliphatic heterocycles. The van der Waals surface area contributed by atoms with Gasteiger partial charge in [0.1, 0.15) is 11.9 Å². The smallest absolute Gasteiger partial charge is 0.254 e. The second kappa shape index (κ2) is 10.4. The molecule has 0 saturated heterocycles. The number of thioether (sulfide) groups is 1. The number of benzene rings is 3. The second-order valence-electron chi connectivity index (χ2n) is 8.77. The summed E-state index contributed by atoms with van der Waals surface area (Å²) in [7, 11) is 0. The van der Waals surface area contributed by atoms with Crippen LogP contribution in [0.1, 0.15) is 39.8 Å². The van der Waals surface area contributed by atoms with E-state index in [1.54, 1.807) is 28.8 Å². The number of carbonyl (C=O) groups is 2. The summed E-state index contributed by atoms with van der Waals surface area (Å²) >= 11 is 1.73. The summed E-state index contributed by atoms with van der Waals surface area (Å²) < 4.78 is 0. The average Bonchev–Trinajstić information content (AvgIpc) is 3.34. The Morgan fingerprint density at radius 1 is 1.03 bits per heavy atom. The highest BCUT2D eigenvalue weighted by atomic mass is 32.2. The van der Waals surface area contributed by atoms with Crippen LogP contribution in [0, 0.1) is 0 Å². The van der Waals surface area contributed by atoms with Crippen LogP contribution in [0.4, 0.5) is 0 Å². The van der Waals surface area contributed by atoms with E-state index in [0.717, 1.165) is 40.2 Å². The number of para-hydroxylation sites is 2. The number of carbonyl (C=O) groups excluding carboxylic acids is 2. The Morgan fingerprint density at radius 2 is 1.74 bits per heavy atom. The Labute approximate surface area is 209 Å². The topological polar surface area (TPSA) is 78.1 Å². The normalized spacial score (nSPS) is 16.0. The molecule has 1 aliphatic rings. The van der Waals surface area contributed by atoms with Crippen molar-refractivity contribution >= 4 is 34.6 Å². The van der Waals surface area contributed by atoms with Gasteiger partial charge < -0.3 is 15.2 Å². The number of imidazole rings is 1. The minimum Gasteiger partial charge on any atom is -0.344 e. The van der Waals surface area contributed by atoms with Crippen molar-refractivity contribution in [3.8, 4) is 0 Å². The van der Waals surface area contributed by atoms with Gasteiger partial charge in [0.15, 0.2) is 0 Å². The average molecular weight is 485 g/mol. The number of nitrogens with zero attached hydrogens (tertiary/aromatic N) is 2. The molecular formula is C28H28N4O2S. The number of nitrogens with one attached hydrogen (secondary N) is 2. The molecule has 0 radical (unpaired) electrons. The van der Waals surface area contributed by atoms with Crippen LogP contribution >= 0.6 is 11.8 Å². The minimum atomic E-state index is -0.598. The molecule has 178 valence electrons. The zero-order chi connectivity index (χ0) is 24.2. The molecule has 1 unspecified atom stereocenters. The van der Waals surface area contributed by atoms with Crippen molar-refractivity contribution in [3.63, 3.8) is 0 Å². The minimum absolute atomic E-state index is 0.135. The van der Waals surface area contributed by atoms with E-state index in [0.29, 0.717) is 18.5 Å². The number of H-pyrrole nitrogens is 1. The first-order valence-corrected chi connectivity index (χ1v) is 13.2. The highest BCUT2D eigenvalue weighted by Crippen LogP contribution is 2.27. The molecule has 0 bridgehead atoms. The molecule has 4 aromatic rings. The van der Waals surface area contributed by atoms with Gasteiger partial charge in [-0.2, -0.15) is 11.8 Å². The van der Waals surface area contributed by atoms with Gasteiger partial charge in [0.2, 0.25) is 5.91 Å². The van der Waals surface area contributed by atoms with E-state index < -0.39 is 6.04 Å². The van der Waals surface area contributed by atoms with Crippen LogP contribution in [0.3, 0.4) is 0 Å². The molecule has 6 nitrogen and oxygen atoms in total. The summed E-state index contributed by atoms with van der Waals surface area (Å²) in [6, 6.07) is 24.2. The zero-order valence-electron chi connectivity index (χ0n) is 19.6. The fourth-order valence-corrected chi connectivity index (χ4v) is 5.11. The summed E-state index contributed by atoms with van der Waals surface area (Å²) in [5, 5.41) is 3.23. The zero-order valence-corrected chi connectivity index (χ0v) is 20.4. The third kappa shape index (κ3) is 4.95. The predicted molar refractivity (Wildman–Crippen MR) is 140 cm³/mol. The van der Waals surface area contributed by atoms with Crippen LogP contribution < -0.4 is 5.32 Å². The SMILES string of the molecule is CSCC[C@H](NC(=O)C1Cc2ccccc2CN1C(=O)c1ccccc1)c1nc2ccccc2[nH]1. The van der Waals surface area contributed by atoms with Crippen LogP contribution in [0.25, 0.3) is 11.0 Å². The molecule has 5 rings (SSSR count). The quantitative estimate of drug-likeness (QED) is 0.397. The maximum absolute atomic E-state index is 13.8. The molecule has 2 atom stereocenters. The van der Waals surface area contributed by atoms with Crippen LogP contribution in [0.15, 0.2) is 78.9 Å². The summed E-state index contributed by atoms with van der Waals surface area (Å²) in [6.07, 6.45) is 3.27. The number of amides is 2. The van der Waals surface area contributed by atoms with E-state index in [1.165, 1.54) is 0 Å². The molecule has 35 heavy (non-hydrogen) atoms. The Morgan fingerprint density at radius 3 is 2.51 bits per heavy atom. The number of fused-ring (bicyclic) bond motifs is 2.